The summed E-state index contributed by atoms with van der Waals surface area (Å²) in [6.07, 6.45) is 3.98. The van der Waals surface area contributed by atoms with E-state index in [0.717, 1.165) is 11.4 Å². The predicted molar refractivity (Wildman–Crippen MR) is 108 cm³/mol. The lowest BCUT2D eigenvalue weighted by atomic mass is 10.0. The summed E-state index contributed by atoms with van der Waals surface area (Å²) in [6.45, 7) is 4.67. The molecule has 5 nitrogen and oxygen atoms in total. The molecule has 0 fully saturated rings. The van der Waals surface area contributed by atoms with Crippen LogP contribution >= 0.6 is 0 Å². The second kappa shape index (κ2) is 6.63. The van der Waals surface area contributed by atoms with E-state index in [2.05, 4.69) is 4.90 Å². The van der Waals surface area contributed by atoms with Crippen LogP contribution in [0, 0.1) is 0 Å². The van der Waals surface area contributed by atoms with E-state index in [9.17, 15) is 8.42 Å². The van der Waals surface area contributed by atoms with Crippen molar-refractivity contribution in [3.63, 3.8) is 0 Å². The van der Waals surface area contributed by atoms with Gasteiger partial charge in [0, 0.05) is 18.2 Å². The number of aromatic nitrogens is 1. The second-order valence-electron chi connectivity index (χ2n) is 7.62. The molecule has 0 saturated heterocycles. The molecule has 0 spiro atoms. The minimum Gasteiger partial charge on any atom is -0.484 e. The first-order valence-corrected chi connectivity index (χ1v) is 10.6. The van der Waals surface area contributed by atoms with Crippen molar-refractivity contribution in [3.8, 4) is 5.75 Å². The van der Waals surface area contributed by atoms with Crippen molar-refractivity contribution in [2.45, 2.75) is 29.2 Å². The van der Waals surface area contributed by atoms with Gasteiger partial charge in [0.25, 0.3) is 0 Å². The standard InChI is InChI=1S/C22H23N2O3S/c1-22(2)16-24(17-11-13-23(3)14-12-17)20-10-9-19(15-21(20)27-22)28(25,26)18-7-5-4-6-8-18/h4-15H,16H2,1-3H3/q+1. The summed E-state index contributed by atoms with van der Waals surface area (Å²) in [5.74, 6) is 0.571. The van der Waals surface area contributed by atoms with Gasteiger partial charge in [0.05, 0.1) is 27.7 Å². The fourth-order valence-electron chi connectivity index (χ4n) is 3.40. The normalized spacial score (nSPS) is 15.6. The summed E-state index contributed by atoms with van der Waals surface area (Å²) in [4.78, 5) is 2.67. The third-order valence-corrected chi connectivity index (χ3v) is 6.55. The zero-order chi connectivity index (χ0) is 19.9. The van der Waals surface area contributed by atoms with E-state index in [1.54, 1.807) is 42.5 Å². The van der Waals surface area contributed by atoms with Crippen LogP contribution in [0.15, 0.2) is 82.8 Å². The molecule has 0 amide bonds. The molecule has 1 aliphatic heterocycles. The summed E-state index contributed by atoms with van der Waals surface area (Å²) in [6, 6.07) is 17.7. The molecule has 0 unspecified atom stereocenters. The first-order valence-electron chi connectivity index (χ1n) is 9.12. The number of ether oxygens (including phenoxy) is 1. The number of benzene rings is 2. The molecule has 28 heavy (non-hydrogen) atoms. The number of anilines is 2. The molecule has 6 heteroatoms. The van der Waals surface area contributed by atoms with Gasteiger partial charge in [-0.05, 0) is 38.1 Å². The third kappa shape index (κ3) is 3.36. The molecule has 0 atom stereocenters. The van der Waals surface area contributed by atoms with Crippen LogP contribution in [-0.2, 0) is 16.9 Å². The molecule has 3 aromatic rings. The topological polar surface area (TPSA) is 50.5 Å². The Kier molecular flexibility index (Phi) is 4.38. The smallest absolute Gasteiger partial charge is 0.206 e. The van der Waals surface area contributed by atoms with Crippen molar-refractivity contribution < 1.29 is 17.7 Å². The van der Waals surface area contributed by atoms with Gasteiger partial charge in [0.2, 0.25) is 9.84 Å². The molecule has 2 aromatic carbocycles. The van der Waals surface area contributed by atoms with E-state index in [1.165, 1.54) is 0 Å². The first-order chi connectivity index (χ1) is 13.3. The van der Waals surface area contributed by atoms with Crippen molar-refractivity contribution in [3.05, 3.63) is 73.1 Å². The van der Waals surface area contributed by atoms with Crippen molar-refractivity contribution in [1.29, 1.82) is 0 Å². The number of rotatable bonds is 3. The lowest BCUT2D eigenvalue weighted by molar-refractivity contribution is -0.671. The zero-order valence-electron chi connectivity index (χ0n) is 16.2. The Bertz CT molecular complexity index is 1110. The average molecular weight is 396 g/mol. The highest BCUT2D eigenvalue weighted by molar-refractivity contribution is 7.91. The van der Waals surface area contributed by atoms with Gasteiger partial charge in [-0.2, -0.15) is 0 Å². The van der Waals surface area contributed by atoms with Crippen molar-refractivity contribution in [1.82, 2.24) is 0 Å². The first kappa shape index (κ1) is 18.5. The largest absolute Gasteiger partial charge is 0.484 e. The van der Waals surface area contributed by atoms with Crippen LogP contribution in [-0.4, -0.2) is 20.6 Å². The maximum Gasteiger partial charge on any atom is 0.206 e. The SMILES string of the molecule is C[n+]1ccc(N2CC(C)(C)Oc3cc(S(=O)(=O)c4ccccc4)ccc32)cc1. The lowest BCUT2D eigenvalue weighted by Gasteiger charge is -2.40. The van der Waals surface area contributed by atoms with Crippen LogP contribution in [0.1, 0.15) is 13.8 Å². The molecule has 0 saturated carbocycles. The van der Waals surface area contributed by atoms with Gasteiger partial charge in [-0.15, -0.1) is 0 Å². The van der Waals surface area contributed by atoms with E-state index in [-0.39, 0.29) is 9.79 Å². The van der Waals surface area contributed by atoms with Crippen molar-refractivity contribution in [2.24, 2.45) is 7.05 Å². The zero-order valence-corrected chi connectivity index (χ0v) is 17.0. The van der Waals surface area contributed by atoms with Crippen LogP contribution in [0.2, 0.25) is 0 Å². The van der Waals surface area contributed by atoms with Gasteiger partial charge in [-0.1, -0.05) is 18.2 Å². The summed E-state index contributed by atoms with van der Waals surface area (Å²) < 4.78 is 34.1. The third-order valence-electron chi connectivity index (χ3n) is 4.78. The van der Waals surface area contributed by atoms with Crippen LogP contribution in [0.25, 0.3) is 0 Å². The Morgan fingerprint density at radius 1 is 0.964 bits per heavy atom. The maximum absolute atomic E-state index is 13.0. The highest BCUT2D eigenvalue weighted by Gasteiger charge is 2.34. The second-order valence-corrected chi connectivity index (χ2v) is 9.57. The number of nitrogens with zero attached hydrogens (tertiary/aromatic N) is 2. The molecular weight excluding hydrogens is 372 g/mol. The number of fused-ring (bicyclic) bond motifs is 1. The summed E-state index contributed by atoms with van der Waals surface area (Å²) in [7, 11) is -1.63. The minimum absolute atomic E-state index is 0.231. The summed E-state index contributed by atoms with van der Waals surface area (Å²) in [5.41, 5.74) is 1.44. The Hall–Kier alpha value is -2.86. The van der Waals surface area contributed by atoms with Gasteiger partial charge in [0.15, 0.2) is 12.4 Å². The van der Waals surface area contributed by atoms with E-state index in [1.807, 2.05) is 56.1 Å². The quantitative estimate of drug-likeness (QED) is 0.635. The molecule has 1 aromatic heterocycles. The van der Waals surface area contributed by atoms with Crippen LogP contribution in [0.4, 0.5) is 11.4 Å². The lowest BCUT2D eigenvalue weighted by Crippen LogP contribution is -2.45. The van der Waals surface area contributed by atoms with E-state index >= 15 is 0 Å². The van der Waals surface area contributed by atoms with Crippen molar-refractivity contribution >= 4 is 21.2 Å². The molecule has 0 radical (unpaired) electrons. The summed E-state index contributed by atoms with van der Waals surface area (Å²) >= 11 is 0. The van der Waals surface area contributed by atoms with Gasteiger partial charge in [-0.3, -0.25) is 0 Å². The molecule has 0 N–H and O–H groups in total. The van der Waals surface area contributed by atoms with E-state index in [4.69, 9.17) is 4.74 Å². The van der Waals surface area contributed by atoms with Crippen LogP contribution in [0.3, 0.4) is 0 Å². The maximum atomic E-state index is 13.0. The van der Waals surface area contributed by atoms with Gasteiger partial charge in [0.1, 0.15) is 18.4 Å². The monoisotopic (exact) mass is 395 g/mol. The molecule has 144 valence electrons. The number of hydrogen-bond acceptors (Lipinski definition) is 4. The van der Waals surface area contributed by atoms with Crippen LogP contribution in [0.5, 0.6) is 5.75 Å². The molecular formula is C22H23N2O3S+. The molecule has 1 aliphatic rings. The van der Waals surface area contributed by atoms with Crippen molar-refractivity contribution in [2.75, 3.05) is 11.4 Å². The Morgan fingerprint density at radius 2 is 1.64 bits per heavy atom. The fraction of sp³-hybridized carbons (Fsp3) is 0.227. The number of aryl methyl sites for hydroxylation is 1. The Labute approximate surface area is 165 Å². The number of sulfone groups is 1. The van der Waals surface area contributed by atoms with Gasteiger partial charge < -0.3 is 9.64 Å². The Morgan fingerprint density at radius 3 is 2.32 bits per heavy atom. The highest BCUT2D eigenvalue weighted by Crippen LogP contribution is 2.42. The average Bonchev–Trinajstić information content (AvgIpc) is 2.67. The summed E-state index contributed by atoms with van der Waals surface area (Å²) in [5, 5.41) is 0. The van der Waals surface area contributed by atoms with Crippen LogP contribution < -0.4 is 14.2 Å². The van der Waals surface area contributed by atoms with Gasteiger partial charge >= 0.3 is 0 Å². The molecule has 0 bridgehead atoms. The Balaban J connectivity index is 1.81. The highest BCUT2D eigenvalue weighted by atomic mass is 32.2. The molecule has 4 rings (SSSR count). The van der Waals surface area contributed by atoms with E-state index < -0.39 is 15.4 Å². The van der Waals surface area contributed by atoms with Gasteiger partial charge in [-0.25, -0.2) is 13.0 Å². The van der Waals surface area contributed by atoms with E-state index in [0.29, 0.717) is 12.3 Å². The number of pyridine rings is 1. The number of hydrogen-bond donors (Lipinski definition) is 0. The fourth-order valence-corrected chi connectivity index (χ4v) is 4.70. The molecule has 2 heterocycles. The minimum atomic E-state index is -3.60. The molecule has 0 aliphatic carbocycles. The predicted octanol–water partition coefficient (Wildman–Crippen LogP) is 3.65.